The molecule has 3 fully saturated rings. The van der Waals surface area contributed by atoms with Gasteiger partial charge >= 0.3 is 0 Å². The molecule has 6 atom stereocenters. The zero-order valence-electron chi connectivity index (χ0n) is 14.9. The van der Waals surface area contributed by atoms with E-state index in [1.165, 1.54) is 5.57 Å². The van der Waals surface area contributed by atoms with Crippen molar-refractivity contribution in [3.63, 3.8) is 0 Å². The van der Waals surface area contributed by atoms with Crippen molar-refractivity contribution >= 4 is 0 Å². The van der Waals surface area contributed by atoms with E-state index in [0.717, 1.165) is 44.9 Å². The van der Waals surface area contributed by atoms with Crippen LogP contribution < -0.4 is 0 Å². The Balaban J connectivity index is 1.96. The van der Waals surface area contributed by atoms with Crippen molar-refractivity contribution in [2.24, 2.45) is 29.1 Å². The SMILES string of the molecule is C=C1CCC2C(C)(CCC2(O)C(C)C)CC2C1CCC2(C)O. The van der Waals surface area contributed by atoms with Gasteiger partial charge < -0.3 is 10.2 Å². The van der Waals surface area contributed by atoms with Crippen molar-refractivity contribution < 1.29 is 10.2 Å². The van der Waals surface area contributed by atoms with Gasteiger partial charge in [0.2, 0.25) is 0 Å². The zero-order valence-corrected chi connectivity index (χ0v) is 14.9. The van der Waals surface area contributed by atoms with Crippen LogP contribution in [-0.4, -0.2) is 21.4 Å². The fraction of sp³-hybridized carbons (Fsp3) is 0.900. The van der Waals surface area contributed by atoms with Gasteiger partial charge in [0.25, 0.3) is 0 Å². The van der Waals surface area contributed by atoms with Crippen molar-refractivity contribution in [1.29, 1.82) is 0 Å². The molecule has 0 radical (unpaired) electrons. The third kappa shape index (κ3) is 2.29. The summed E-state index contributed by atoms with van der Waals surface area (Å²) in [6.45, 7) is 13.1. The number of rotatable bonds is 1. The van der Waals surface area contributed by atoms with E-state index in [2.05, 4.69) is 27.4 Å². The molecule has 0 aromatic rings. The summed E-state index contributed by atoms with van der Waals surface area (Å²) in [5, 5.41) is 22.2. The van der Waals surface area contributed by atoms with E-state index in [-0.39, 0.29) is 5.41 Å². The smallest absolute Gasteiger partial charge is 0.0704 e. The number of fused-ring (bicyclic) bond motifs is 2. The van der Waals surface area contributed by atoms with Crippen LogP contribution in [0.15, 0.2) is 12.2 Å². The zero-order chi connectivity index (χ0) is 16.3. The molecule has 0 aliphatic heterocycles. The van der Waals surface area contributed by atoms with Crippen LogP contribution in [0.5, 0.6) is 0 Å². The summed E-state index contributed by atoms with van der Waals surface area (Å²) in [4.78, 5) is 0. The third-order valence-corrected chi connectivity index (χ3v) is 7.75. The second-order valence-corrected chi connectivity index (χ2v) is 9.36. The molecule has 0 heterocycles. The Morgan fingerprint density at radius 3 is 2.41 bits per heavy atom. The second-order valence-electron chi connectivity index (χ2n) is 9.36. The summed E-state index contributed by atoms with van der Waals surface area (Å²) in [6, 6.07) is 0. The van der Waals surface area contributed by atoms with Crippen LogP contribution in [-0.2, 0) is 0 Å². The Kier molecular flexibility index (Phi) is 3.81. The maximum atomic E-state index is 11.3. The highest BCUT2D eigenvalue weighted by atomic mass is 16.3. The summed E-state index contributed by atoms with van der Waals surface area (Å²) < 4.78 is 0. The fourth-order valence-electron chi connectivity index (χ4n) is 6.11. The number of hydrogen-bond acceptors (Lipinski definition) is 2. The highest BCUT2D eigenvalue weighted by Crippen LogP contribution is 2.61. The lowest BCUT2D eigenvalue weighted by molar-refractivity contribution is -0.0815. The molecule has 0 saturated heterocycles. The first-order chi connectivity index (χ1) is 10.1. The summed E-state index contributed by atoms with van der Waals surface area (Å²) in [5.41, 5.74) is 0.392. The van der Waals surface area contributed by atoms with E-state index >= 15 is 0 Å². The lowest BCUT2D eigenvalue weighted by Crippen LogP contribution is -2.46. The molecular formula is C20H34O2. The van der Waals surface area contributed by atoms with Crippen LogP contribution in [0.4, 0.5) is 0 Å². The maximum Gasteiger partial charge on any atom is 0.0704 e. The van der Waals surface area contributed by atoms with Crippen molar-refractivity contribution in [2.45, 2.75) is 83.8 Å². The van der Waals surface area contributed by atoms with Crippen LogP contribution in [0.3, 0.4) is 0 Å². The molecule has 0 amide bonds. The average Bonchev–Trinajstić information content (AvgIpc) is 2.83. The fourth-order valence-corrected chi connectivity index (χ4v) is 6.11. The minimum Gasteiger partial charge on any atom is -0.390 e. The normalized spacial score (nSPS) is 52.3. The largest absolute Gasteiger partial charge is 0.390 e. The minimum absolute atomic E-state index is 0.164. The summed E-state index contributed by atoms with van der Waals surface area (Å²) >= 11 is 0. The van der Waals surface area contributed by atoms with E-state index in [0.29, 0.717) is 23.7 Å². The molecule has 2 N–H and O–H groups in total. The average molecular weight is 306 g/mol. The standard InChI is InChI=1S/C20H34O2/c1-13(2)20(22)11-10-18(4)12-16-15(8-9-19(16,5)21)14(3)6-7-17(18)20/h13,15-17,21-22H,3,6-12H2,1-2,4-5H3. The van der Waals surface area contributed by atoms with Gasteiger partial charge in [0.15, 0.2) is 0 Å². The van der Waals surface area contributed by atoms with Crippen molar-refractivity contribution in [2.75, 3.05) is 0 Å². The molecule has 126 valence electrons. The Labute approximate surface area is 136 Å². The van der Waals surface area contributed by atoms with Gasteiger partial charge in [-0.25, -0.2) is 0 Å². The summed E-state index contributed by atoms with van der Waals surface area (Å²) in [7, 11) is 0. The first-order valence-corrected chi connectivity index (χ1v) is 9.22. The molecule has 3 saturated carbocycles. The molecular weight excluding hydrogens is 272 g/mol. The lowest BCUT2D eigenvalue weighted by atomic mass is 9.61. The van der Waals surface area contributed by atoms with Crippen LogP contribution in [0.25, 0.3) is 0 Å². The molecule has 3 aliphatic carbocycles. The van der Waals surface area contributed by atoms with Gasteiger partial charge in [-0.3, -0.25) is 0 Å². The van der Waals surface area contributed by atoms with Crippen molar-refractivity contribution in [1.82, 2.24) is 0 Å². The summed E-state index contributed by atoms with van der Waals surface area (Å²) in [6.07, 6.45) is 7.13. The first-order valence-electron chi connectivity index (χ1n) is 9.22. The second kappa shape index (κ2) is 5.08. The van der Waals surface area contributed by atoms with E-state index in [4.69, 9.17) is 0 Å². The van der Waals surface area contributed by atoms with Gasteiger partial charge in [-0.15, -0.1) is 0 Å². The van der Waals surface area contributed by atoms with Gasteiger partial charge in [-0.05, 0) is 81.0 Å². The topological polar surface area (TPSA) is 40.5 Å². The van der Waals surface area contributed by atoms with Gasteiger partial charge in [-0.1, -0.05) is 32.9 Å². The van der Waals surface area contributed by atoms with Crippen molar-refractivity contribution in [3.05, 3.63) is 12.2 Å². The Morgan fingerprint density at radius 1 is 1.09 bits per heavy atom. The molecule has 3 aliphatic rings. The monoisotopic (exact) mass is 306 g/mol. The van der Waals surface area contributed by atoms with Gasteiger partial charge in [0.05, 0.1) is 11.2 Å². The quantitative estimate of drug-likeness (QED) is 0.709. The molecule has 3 rings (SSSR count). The number of hydrogen-bond donors (Lipinski definition) is 2. The van der Waals surface area contributed by atoms with Gasteiger partial charge in [-0.2, -0.15) is 0 Å². The van der Waals surface area contributed by atoms with E-state index in [9.17, 15) is 10.2 Å². The van der Waals surface area contributed by atoms with E-state index in [1.54, 1.807) is 0 Å². The lowest BCUT2D eigenvalue weighted by Gasteiger charge is -2.46. The predicted molar refractivity (Wildman–Crippen MR) is 90.4 cm³/mol. The molecule has 0 aromatic carbocycles. The molecule has 0 aromatic heterocycles. The molecule has 6 unspecified atom stereocenters. The molecule has 0 spiro atoms. The Morgan fingerprint density at radius 2 is 1.77 bits per heavy atom. The van der Waals surface area contributed by atoms with Crippen LogP contribution in [0, 0.1) is 29.1 Å². The predicted octanol–water partition coefficient (Wildman–Crippen LogP) is 4.31. The van der Waals surface area contributed by atoms with Gasteiger partial charge in [0.1, 0.15) is 0 Å². The van der Waals surface area contributed by atoms with E-state index in [1.807, 2.05) is 6.92 Å². The van der Waals surface area contributed by atoms with Crippen LogP contribution in [0.1, 0.15) is 72.6 Å². The molecule has 0 bridgehead atoms. The molecule has 2 nitrogen and oxygen atoms in total. The summed E-state index contributed by atoms with van der Waals surface area (Å²) in [5.74, 6) is 1.45. The first kappa shape index (κ1) is 16.5. The van der Waals surface area contributed by atoms with Crippen molar-refractivity contribution in [3.8, 4) is 0 Å². The highest BCUT2D eigenvalue weighted by Gasteiger charge is 2.58. The Hall–Kier alpha value is -0.340. The molecule has 2 heteroatoms. The third-order valence-electron chi connectivity index (χ3n) is 7.75. The Bertz CT molecular complexity index is 466. The highest BCUT2D eigenvalue weighted by molar-refractivity contribution is 5.16. The number of aliphatic hydroxyl groups is 2. The van der Waals surface area contributed by atoms with Crippen LogP contribution in [0.2, 0.25) is 0 Å². The molecule has 22 heavy (non-hydrogen) atoms. The number of allylic oxidation sites excluding steroid dienone is 1. The van der Waals surface area contributed by atoms with E-state index < -0.39 is 11.2 Å². The van der Waals surface area contributed by atoms with Gasteiger partial charge in [0, 0.05) is 0 Å². The van der Waals surface area contributed by atoms with Crippen LogP contribution >= 0.6 is 0 Å². The maximum absolute atomic E-state index is 11.3. The minimum atomic E-state index is -0.558.